The van der Waals surface area contributed by atoms with Crippen LogP contribution in [0.4, 0.5) is 0 Å². The number of aromatic nitrogens is 4. The summed E-state index contributed by atoms with van der Waals surface area (Å²) in [7, 11) is -3.70. The van der Waals surface area contributed by atoms with Gasteiger partial charge in [-0.2, -0.15) is 0 Å². The summed E-state index contributed by atoms with van der Waals surface area (Å²) in [6, 6.07) is 11.4. The number of halogens is 1. The Morgan fingerprint density at radius 1 is 1.17 bits per heavy atom. The Morgan fingerprint density at radius 3 is 2.59 bits per heavy atom. The molecule has 1 aromatic carbocycles. The number of rotatable bonds is 9. The molecular weight excluding hydrogens is 430 g/mol. The van der Waals surface area contributed by atoms with Gasteiger partial charge in [0.1, 0.15) is 0 Å². The standard InChI is InChI=1S/C19H22ClN5O2S2/c1-3-25-18(14(2)24-29(26,27)17-9-7-15(20)8-10-17)22-23-19(25)28-13-11-16-6-4-5-12-21-16/h4-10,12,14,24H,3,11,13H2,1-2H3/t14-/m1/s1. The van der Waals surface area contributed by atoms with Crippen molar-refractivity contribution in [2.24, 2.45) is 0 Å². The van der Waals surface area contributed by atoms with Gasteiger partial charge in [0.05, 0.1) is 10.9 Å². The van der Waals surface area contributed by atoms with E-state index in [0.29, 0.717) is 17.4 Å². The van der Waals surface area contributed by atoms with Crippen molar-refractivity contribution in [1.82, 2.24) is 24.5 Å². The SMILES string of the molecule is CCn1c(SCCc2ccccn2)nnc1[C@@H](C)NS(=O)(=O)c1ccc(Cl)cc1. The summed E-state index contributed by atoms with van der Waals surface area (Å²) >= 11 is 7.42. The predicted molar refractivity (Wildman–Crippen MR) is 115 cm³/mol. The molecule has 0 unspecified atom stereocenters. The van der Waals surface area contributed by atoms with Crippen LogP contribution in [0.15, 0.2) is 58.7 Å². The Kier molecular flexibility index (Phi) is 7.28. The molecule has 1 atom stereocenters. The minimum atomic E-state index is -3.70. The highest BCUT2D eigenvalue weighted by atomic mass is 35.5. The van der Waals surface area contributed by atoms with Crippen molar-refractivity contribution in [2.75, 3.05) is 5.75 Å². The number of thioether (sulfide) groups is 1. The lowest BCUT2D eigenvalue weighted by Gasteiger charge is -2.15. The molecule has 10 heteroatoms. The van der Waals surface area contributed by atoms with E-state index in [0.717, 1.165) is 23.0 Å². The third-order valence-corrected chi connectivity index (χ3v) is 7.00. The van der Waals surface area contributed by atoms with Crippen LogP contribution in [0.3, 0.4) is 0 Å². The Labute approximate surface area is 180 Å². The molecule has 0 aliphatic carbocycles. The summed E-state index contributed by atoms with van der Waals surface area (Å²) in [5, 5.41) is 9.73. The highest BCUT2D eigenvalue weighted by molar-refractivity contribution is 7.99. The maximum Gasteiger partial charge on any atom is 0.241 e. The lowest BCUT2D eigenvalue weighted by Crippen LogP contribution is -2.29. The molecule has 0 aliphatic heterocycles. The average molecular weight is 452 g/mol. The molecule has 0 amide bonds. The van der Waals surface area contributed by atoms with Crippen LogP contribution in [0.2, 0.25) is 5.02 Å². The van der Waals surface area contributed by atoms with Crippen molar-refractivity contribution in [3.63, 3.8) is 0 Å². The average Bonchev–Trinajstić information content (AvgIpc) is 3.12. The molecule has 0 spiro atoms. The molecule has 7 nitrogen and oxygen atoms in total. The van der Waals surface area contributed by atoms with Gasteiger partial charge in [-0.3, -0.25) is 4.98 Å². The van der Waals surface area contributed by atoms with Crippen molar-refractivity contribution in [1.29, 1.82) is 0 Å². The molecule has 3 rings (SSSR count). The van der Waals surface area contributed by atoms with E-state index in [4.69, 9.17) is 11.6 Å². The van der Waals surface area contributed by atoms with Crippen molar-refractivity contribution in [2.45, 2.75) is 42.9 Å². The topological polar surface area (TPSA) is 89.8 Å². The summed E-state index contributed by atoms with van der Waals surface area (Å²) in [6.07, 6.45) is 2.59. The van der Waals surface area contributed by atoms with Crippen molar-refractivity contribution in [3.8, 4) is 0 Å². The zero-order chi connectivity index (χ0) is 20.9. The summed E-state index contributed by atoms with van der Waals surface area (Å²) in [4.78, 5) is 4.47. The minimum Gasteiger partial charge on any atom is -0.305 e. The lowest BCUT2D eigenvalue weighted by molar-refractivity contribution is 0.539. The fraction of sp³-hybridized carbons (Fsp3) is 0.316. The van der Waals surface area contributed by atoms with Gasteiger partial charge in [-0.05, 0) is 56.7 Å². The van der Waals surface area contributed by atoms with E-state index in [2.05, 4.69) is 19.9 Å². The molecule has 0 radical (unpaired) electrons. The van der Waals surface area contributed by atoms with Crippen LogP contribution >= 0.6 is 23.4 Å². The maximum atomic E-state index is 12.6. The largest absolute Gasteiger partial charge is 0.305 e. The van der Waals surface area contributed by atoms with Gasteiger partial charge in [0, 0.05) is 29.2 Å². The van der Waals surface area contributed by atoms with E-state index in [9.17, 15) is 8.42 Å². The molecule has 1 N–H and O–H groups in total. The molecule has 2 aromatic heterocycles. The molecule has 0 saturated carbocycles. The first-order valence-electron chi connectivity index (χ1n) is 9.14. The second-order valence-electron chi connectivity index (χ2n) is 6.30. The van der Waals surface area contributed by atoms with E-state index in [1.165, 1.54) is 12.1 Å². The molecule has 0 aliphatic rings. The van der Waals surface area contributed by atoms with Gasteiger partial charge in [-0.15, -0.1) is 10.2 Å². The fourth-order valence-electron chi connectivity index (χ4n) is 2.78. The van der Waals surface area contributed by atoms with Gasteiger partial charge >= 0.3 is 0 Å². The molecule has 0 bridgehead atoms. The van der Waals surface area contributed by atoms with Crippen molar-refractivity contribution in [3.05, 3.63) is 65.2 Å². The number of nitrogens with one attached hydrogen (secondary N) is 1. The molecule has 2 heterocycles. The van der Waals surface area contributed by atoms with Crippen LogP contribution in [0.5, 0.6) is 0 Å². The number of hydrogen-bond donors (Lipinski definition) is 1. The summed E-state index contributed by atoms with van der Waals surface area (Å²) in [5.41, 5.74) is 1.02. The number of pyridine rings is 1. The zero-order valence-corrected chi connectivity index (χ0v) is 18.5. The summed E-state index contributed by atoms with van der Waals surface area (Å²) < 4.78 is 29.9. The number of hydrogen-bond acceptors (Lipinski definition) is 6. The van der Waals surface area contributed by atoms with Gasteiger partial charge in [0.2, 0.25) is 10.0 Å². The number of aryl methyl sites for hydroxylation is 1. The molecule has 154 valence electrons. The first-order valence-corrected chi connectivity index (χ1v) is 12.0. The Morgan fingerprint density at radius 2 is 1.93 bits per heavy atom. The van der Waals surface area contributed by atoms with Crippen LogP contribution in [0.1, 0.15) is 31.4 Å². The highest BCUT2D eigenvalue weighted by Gasteiger charge is 2.23. The van der Waals surface area contributed by atoms with Crippen LogP contribution in [0.25, 0.3) is 0 Å². The monoisotopic (exact) mass is 451 g/mol. The fourth-order valence-corrected chi connectivity index (χ4v) is 5.08. The second-order valence-corrected chi connectivity index (χ2v) is 9.51. The van der Waals surface area contributed by atoms with E-state index in [-0.39, 0.29) is 4.90 Å². The zero-order valence-electron chi connectivity index (χ0n) is 16.1. The van der Waals surface area contributed by atoms with Crippen LogP contribution < -0.4 is 4.72 Å². The molecule has 0 fully saturated rings. The van der Waals surface area contributed by atoms with Gasteiger partial charge in [-0.25, -0.2) is 13.1 Å². The van der Waals surface area contributed by atoms with E-state index in [1.54, 1.807) is 37.0 Å². The number of nitrogens with zero attached hydrogens (tertiary/aromatic N) is 4. The smallest absolute Gasteiger partial charge is 0.241 e. The van der Waals surface area contributed by atoms with E-state index in [1.807, 2.05) is 29.7 Å². The van der Waals surface area contributed by atoms with Crippen LogP contribution in [-0.4, -0.2) is 33.9 Å². The Hall–Kier alpha value is -1.94. The number of sulfonamides is 1. The quantitative estimate of drug-likeness (QED) is 0.498. The van der Waals surface area contributed by atoms with Gasteiger partial charge in [0.15, 0.2) is 11.0 Å². The summed E-state index contributed by atoms with van der Waals surface area (Å²) in [5.74, 6) is 1.38. The Bertz CT molecular complexity index is 1040. The molecule has 29 heavy (non-hydrogen) atoms. The molecule has 3 aromatic rings. The summed E-state index contributed by atoms with van der Waals surface area (Å²) in [6.45, 7) is 4.38. The van der Waals surface area contributed by atoms with Gasteiger partial charge < -0.3 is 4.57 Å². The van der Waals surface area contributed by atoms with E-state index >= 15 is 0 Å². The second kappa shape index (κ2) is 9.71. The third kappa shape index (κ3) is 5.57. The highest BCUT2D eigenvalue weighted by Crippen LogP contribution is 2.23. The molecular formula is C19H22ClN5O2S2. The Balaban J connectivity index is 1.69. The first kappa shape index (κ1) is 21.8. The van der Waals surface area contributed by atoms with Crippen LogP contribution in [-0.2, 0) is 23.0 Å². The van der Waals surface area contributed by atoms with E-state index < -0.39 is 16.1 Å². The third-order valence-electron chi connectivity index (χ3n) is 4.22. The van der Waals surface area contributed by atoms with Gasteiger partial charge in [0.25, 0.3) is 0 Å². The predicted octanol–water partition coefficient (Wildman–Crippen LogP) is 3.72. The normalized spacial score (nSPS) is 12.8. The molecule has 0 saturated heterocycles. The van der Waals surface area contributed by atoms with Gasteiger partial charge in [-0.1, -0.05) is 29.4 Å². The van der Waals surface area contributed by atoms with Crippen LogP contribution in [0, 0.1) is 0 Å². The number of benzene rings is 1. The minimum absolute atomic E-state index is 0.154. The van der Waals surface area contributed by atoms with Crippen molar-refractivity contribution >= 4 is 33.4 Å². The first-order chi connectivity index (χ1) is 13.9. The van der Waals surface area contributed by atoms with Crippen molar-refractivity contribution < 1.29 is 8.42 Å². The lowest BCUT2D eigenvalue weighted by atomic mass is 10.3. The maximum absolute atomic E-state index is 12.6.